The fraction of sp³-hybridized carbons (Fsp3) is 0.286. The molecule has 1 aliphatic heterocycles. The van der Waals surface area contributed by atoms with Crippen LogP contribution in [0, 0.1) is 0 Å². The molecule has 7 heteroatoms. The van der Waals surface area contributed by atoms with Gasteiger partial charge in [-0.2, -0.15) is 0 Å². The molecular weight excluding hydrogens is 311 g/mol. The van der Waals surface area contributed by atoms with E-state index in [9.17, 15) is 4.79 Å². The summed E-state index contributed by atoms with van der Waals surface area (Å²) in [5, 5.41) is 3.34. The molecule has 21 heavy (non-hydrogen) atoms. The Morgan fingerprint density at radius 3 is 2.95 bits per heavy atom. The molecule has 5 nitrogen and oxygen atoms in total. The first-order chi connectivity index (χ1) is 9.69. The van der Waals surface area contributed by atoms with Crippen molar-refractivity contribution in [1.29, 1.82) is 0 Å². The van der Waals surface area contributed by atoms with Crippen molar-refractivity contribution < 1.29 is 4.79 Å². The topological polar surface area (TPSA) is 72.9 Å². The van der Waals surface area contributed by atoms with Crippen molar-refractivity contribution in [3.05, 3.63) is 41.4 Å². The summed E-state index contributed by atoms with van der Waals surface area (Å²) in [6.45, 7) is 1.21. The molecule has 3 N–H and O–H groups in total. The minimum Gasteiger partial charge on any atom is -0.349 e. The first-order valence-electron chi connectivity index (χ1n) is 6.51. The number of nitrogens with one attached hydrogen (secondary N) is 1. The maximum atomic E-state index is 11.9. The highest BCUT2D eigenvalue weighted by atomic mass is 35.5. The van der Waals surface area contributed by atoms with Crippen molar-refractivity contribution in [2.24, 2.45) is 5.73 Å². The lowest BCUT2D eigenvalue weighted by molar-refractivity contribution is 0.0913. The number of rotatable bonds is 3. The average Bonchev–Trinajstić information content (AvgIpc) is 2.88. The number of hydrogen-bond donors (Lipinski definition) is 2. The lowest BCUT2D eigenvalue weighted by Crippen LogP contribution is -2.39. The third kappa shape index (κ3) is 3.05. The van der Waals surface area contributed by atoms with Gasteiger partial charge in [-0.25, -0.2) is 4.98 Å². The van der Waals surface area contributed by atoms with Gasteiger partial charge in [0, 0.05) is 24.5 Å². The van der Waals surface area contributed by atoms with Gasteiger partial charge in [0.1, 0.15) is 10.8 Å². The highest BCUT2D eigenvalue weighted by Gasteiger charge is 2.25. The van der Waals surface area contributed by atoms with E-state index in [-0.39, 0.29) is 24.4 Å². The molecule has 1 aliphatic rings. The van der Waals surface area contributed by atoms with E-state index in [1.807, 2.05) is 22.9 Å². The standard InChI is InChI=1S/C14H15ClN4O.ClH/c15-13-6-9(2-4-17-13)10-5-12-14(20)18-7-11(1-3-16)19(12)8-10;/h2,4-6,8,11H,1,3,7,16H2,(H,18,20);1H. The van der Waals surface area contributed by atoms with E-state index in [1.165, 1.54) is 0 Å². The Morgan fingerprint density at radius 1 is 1.43 bits per heavy atom. The van der Waals surface area contributed by atoms with E-state index in [0.29, 0.717) is 23.9 Å². The van der Waals surface area contributed by atoms with Crippen LogP contribution < -0.4 is 11.1 Å². The maximum Gasteiger partial charge on any atom is 0.268 e. The fourth-order valence-corrected chi connectivity index (χ4v) is 2.71. The number of aromatic nitrogens is 2. The second-order valence-electron chi connectivity index (χ2n) is 4.83. The summed E-state index contributed by atoms with van der Waals surface area (Å²) in [5.74, 6) is -0.0512. The van der Waals surface area contributed by atoms with Gasteiger partial charge >= 0.3 is 0 Å². The zero-order chi connectivity index (χ0) is 14.1. The molecule has 112 valence electrons. The van der Waals surface area contributed by atoms with Crippen molar-refractivity contribution >= 4 is 29.9 Å². The molecule has 2 aromatic heterocycles. The number of pyridine rings is 1. The molecule has 0 saturated heterocycles. The molecule has 3 rings (SSSR count). The van der Waals surface area contributed by atoms with Crippen LogP contribution >= 0.6 is 24.0 Å². The predicted molar refractivity (Wildman–Crippen MR) is 85.0 cm³/mol. The molecule has 0 aliphatic carbocycles. The van der Waals surface area contributed by atoms with Gasteiger partial charge in [0.15, 0.2) is 0 Å². The number of nitrogens with zero attached hydrogens (tertiary/aromatic N) is 2. The van der Waals surface area contributed by atoms with Crippen molar-refractivity contribution in [2.75, 3.05) is 13.1 Å². The van der Waals surface area contributed by atoms with Gasteiger partial charge < -0.3 is 15.6 Å². The molecule has 1 unspecified atom stereocenters. The second kappa shape index (κ2) is 6.47. The number of hydrogen-bond acceptors (Lipinski definition) is 3. The molecule has 1 amide bonds. The van der Waals surface area contributed by atoms with Gasteiger partial charge in [-0.05, 0) is 36.7 Å². The Bertz CT molecular complexity index is 656. The monoisotopic (exact) mass is 326 g/mol. The van der Waals surface area contributed by atoms with Crippen molar-refractivity contribution in [2.45, 2.75) is 12.5 Å². The van der Waals surface area contributed by atoms with Crippen LogP contribution in [0.2, 0.25) is 5.15 Å². The maximum absolute atomic E-state index is 11.9. The second-order valence-corrected chi connectivity index (χ2v) is 5.22. The molecule has 0 radical (unpaired) electrons. The molecule has 3 heterocycles. The molecular formula is C14H16Cl2N4O. The number of carbonyl (C=O) groups excluding carboxylic acids is 1. The van der Waals surface area contributed by atoms with E-state index >= 15 is 0 Å². The van der Waals surface area contributed by atoms with Gasteiger partial charge in [-0.15, -0.1) is 12.4 Å². The van der Waals surface area contributed by atoms with Gasteiger partial charge in [0.2, 0.25) is 0 Å². The first-order valence-corrected chi connectivity index (χ1v) is 6.89. The zero-order valence-electron chi connectivity index (χ0n) is 11.3. The minimum absolute atomic E-state index is 0. The van der Waals surface area contributed by atoms with Crippen LogP contribution in [0.5, 0.6) is 0 Å². The van der Waals surface area contributed by atoms with Gasteiger partial charge in [0.25, 0.3) is 5.91 Å². The Labute approximate surface area is 133 Å². The Kier molecular flexibility index (Phi) is 4.88. The smallest absolute Gasteiger partial charge is 0.268 e. The lowest BCUT2D eigenvalue weighted by Gasteiger charge is -2.25. The molecule has 1 atom stereocenters. The van der Waals surface area contributed by atoms with Crippen LogP contribution in [0.15, 0.2) is 30.6 Å². The summed E-state index contributed by atoms with van der Waals surface area (Å²) in [5.41, 5.74) is 8.21. The first kappa shape index (κ1) is 15.8. The van der Waals surface area contributed by atoms with Crippen LogP contribution in [0.1, 0.15) is 23.0 Å². The Morgan fingerprint density at radius 2 is 2.24 bits per heavy atom. The summed E-state index contributed by atoms with van der Waals surface area (Å²) >= 11 is 5.91. The van der Waals surface area contributed by atoms with Crippen molar-refractivity contribution in [1.82, 2.24) is 14.9 Å². The van der Waals surface area contributed by atoms with Gasteiger partial charge in [-0.3, -0.25) is 4.79 Å². The van der Waals surface area contributed by atoms with E-state index in [4.69, 9.17) is 17.3 Å². The summed E-state index contributed by atoms with van der Waals surface area (Å²) in [4.78, 5) is 15.9. The number of amides is 1. The van der Waals surface area contributed by atoms with Crippen LogP contribution in [0.4, 0.5) is 0 Å². The number of halogens is 2. The van der Waals surface area contributed by atoms with E-state index in [0.717, 1.165) is 17.5 Å². The quantitative estimate of drug-likeness (QED) is 0.850. The summed E-state index contributed by atoms with van der Waals surface area (Å²) in [7, 11) is 0. The van der Waals surface area contributed by atoms with E-state index < -0.39 is 0 Å². The van der Waals surface area contributed by atoms with Crippen molar-refractivity contribution in [3.8, 4) is 11.1 Å². The zero-order valence-corrected chi connectivity index (χ0v) is 12.8. The van der Waals surface area contributed by atoms with Gasteiger partial charge in [-0.1, -0.05) is 11.6 Å². The molecule has 0 spiro atoms. The van der Waals surface area contributed by atoms with Crippen LogP contribution in [0.3, 0.4) is 0 Å². The summed E-state index contributed by atoms with van der Waals surface area (Å²) < 4.78 is 2.01. The minimum atomic E-state index is -0.0512. The Balaban J connectivity index is 0.00000161. The molecule has 2 aromatic rings. The third-order valence-corrected chi connectivity index (χ3v) is 3.74. The SMILES string of the molecule is Cl.NCCC1CNC(=O)c2cc(-c3ccnc(Cl)c3)cn21. The summed E-state index contributed by atoms with van der Waals surface area (Å²) in [6, 6.07) is 5.75. The molecule has 0 bridgehead atoms. The predicted octanol–water partition coefficient (Wildman–Crippen LogP) is 2.26. The number of nitrogens with two attached hydrogens (primary N) is 1. The van der Waals surface area contributed by atoms with Crippen LogP contribution in [0.25, 0.3) is 11.1 Å². The van der Waals surface area contributed by atoms with Gasteiger partial charge in [0.05, 0.1) is 6.04 Å². The third-order valence-electron chi connectivity index (χ3n) is 3.53. The number of carbonyl (C=O) groups is 1. The average molecular weight is 327 g/mol. The lowest BCUT2D eigenvalue weighted by atomic mass is 10.1. The van der Waals surface area contributed by atoms with Crippen molar-refractivity contribution in [3.63, 3.8) is 0 Å². The highest BCUT2D eigenvalue weighted by Crippen LogP contribution is 2.28. The molecule has 0 aromatic carbocycles. The normalized spacial score (nSPS) is 16.9. The van der Waals surface area contributed by atoms with E-state index in [1.54, 1.807) is 12.3 Å². The fourth-order valence-electron chi connectivity index (χ4n) is 2.54. The Hall–Kier alpha value is -1.56. The molecule has 0 saturated carbocycles. The van der Waals surface area contributed by atoms with E-state index in [2.05, 4.69) is 10.3 Å². The number of fused-ring (bicyclic) bond motifs is 1. The largest absolute Gasteiger partial charge is 0.349 e. The molecule has 0 fully saturated rings. The van der Waals surface area contributed by atoms with Crippen LogP contribution in [-0.2, 0) is 0 Å². The summed E-state index contributed by atoms with van der Waals surface area (Å²) in [6.07, 6.45) is 4.48. The highest BCUT2D eigenvalue weighted by molar-refractivity contribution is 6.29. The van der Waals surface area contributed by atoms with Crippen LogP contribution in [-0.4, -0.2) is 28.5 Å².